The number of ether oxygens (including phenoxy) is 1. The summed E-state index contributed by atoms with van der Waals surface area (Å²) in [6.07, 6.45) is 3.41. The van der Waals surface area contributed by atoms with Crippen LogP contribution in [0, 0.1) is 0 Å². The quantitative estimate of drug-likeness (QED) is 0.742. The first-order chi connectivity index (χ1) is 8.70. The van der Waals surface area contributed by atoms with E-state index in [-0.39, 0.29) is 0 Å². The Balaban J connectivity index is 2.25. The summed E-state index contributed by atoms with van der Waals surface area (Å²) in [7, 11) is 0. The molecule has 0 unspecified atom stereocenters. The number of rotatable bonds is 4. The van der Waals surface area contributed by atoms with Gasteiger partial charge in [-0.25, -0.2) is 0 Å². The van der Waals surface area contributed by atoms with Crippen LogP contribution in [0.1, 0.15) is 30.9 Å². The van der Waals surface area contributed by atoms with Gasteiger partial charge in [0.15, 0.2) is 0 Å². The maximum Gasteiger partial charge on any atom is 0.150 e. The summed E-state index contributed by atoms with van der Waals surface area (Å²) >= 11 is 5.87. The molecule has 0 radical (unpaired) electrons. The molecular formula is C15H16ClNO. The maximum absolute atomic E-state index is 5.87. The molecule has 0 saturated heterocycles. The third kappa shape index (κ3) is 3.02. The van der Waals surface area contributed by atoms with Crippen molar-refractivity contribution in [1.29, 1.82) is 0 Å². The molecular weight excluding hydrogens is 246 g/mol. The van der Waals surface area contributed by atoms with E-state index < -0.39 is 0 Å². The number of benzene rings is 1. The molecule has 0 aliphatic heterocycles. The van der Waals surface area contributed by atoms with Crippen LogP contribution in [0.4, 0.5) is 0 Å². The van der Waals surface area contributed by atoms with E-state index in [4.69, 9.17) is 16.3 Å². The highest BCUT2D eigenvalue weighted by atomic mass is 35.5. The fraction of sp³-hybridized carbons (Fsp3) is 0.267. The molecule has 1 aromatic heterocycles. The summed E-state index contributed by atoms with van der Waals surface area (Å²) in [6, 6.07) is 9.96. The Morgan fingerprint density at radius 3 is 2.83 bits per heavy atom. The Hall–Kier alpha value is -1.54. The Kier molecular flexibility index (Phi) is 4.21. The lowest BCUT2D eigenvalue weighted by molar-refractivity contribution is 0.475. The van der Waals surface area contributed by atoms with Crippen molar-refractivity contribution in [2.75, 3.05) is 0 Å². The van der Waals surface area contributed by atoms with Crippen molar-refractivity contribution in [1.82, 2.24) is 4.98 Å². The number of halogens is 1. The standard InChI is InChI=1S/C15H16ClNO/c1-11(2)12-4-3-5-14(8-12)18-15-10-17-7-6-13(15)9-16/h3-8,10-11H,9H2,1-2H3. The van der Waals surface area contributed by atoms with Gasteiger partial charge >= 0.3 is 0 Å². The molecule has 0 spiro atoms. The normalized spacial score (nSPS) is 10.7. The number of nitrogens with zero attached hydrogens (tertiary/aromatic N) is 1. The fourth-order valence-corrected chi connectivity index (χ4v) is 1.90. The van der Waals surface area contributed by atoms with Gasteiger partial charge in [0.1, 0.15) is 11.5 Å². The monoisotopic (exact) mass is 261 g/mol. The first-order valence-corrected chi connectivity index (χ1v) is 6.51. The van der Waals surface area contributed by atoms with Gasteiger partial charge in [-0.15, -0.1) is 11.6 Å². The van der Waals surface area contributed by atoms with Gasteiger partial charge in [-0.1, -0.05) is 26.0 Å². The second-order valence-corrected chi connectivity index (χ2v) is 4.71. The van der Waals surface area contributed by atoms with Crippen LogP contribution in [-0.2, 0) is 5.88 Å². The minimum Gasteiger partial charge on any atom is -0.455 e. The molecule has 0 saturated carbocycles. The van der Waals surface area contributed by atoms with Gasteiger partial charge in [0, 0.05) is 11.8 Å². The van der Waals surface area contributed by atoms with E-state index in [9.17, 15) is 0 Å². The SMILES string of the molecule is CC(C)c1cccc(Oc2cnccc2CCl)c1. The first kappa shape index (κ1) is 12.9. The van der Waals surface area contributed by atoms with Gasteiger partial charge in [0.2, 0.25) is 0 Å². The van der Waals surface area contributed by atoms with Crippen LogP contribution in [0.5, 0.6) is 11.5 Å². The molecule has 0 fully saturated rings. The van der Waals surface area contributed by atoms with Crippen LogP contribution in [0.15, 0.2) is 42.7 Å². The second-order valence-electron chi connectivity index (χ2n) is 4.45. The third-order valence-corrected chi connectivity index (χ3v) is 3.05. The van der Waals surface area contributed by atoms with Crippen LogP contribution < -0.4 is 4.74 Å². The predicted octanol–water partition coefficient (Wildman–Crippen LogP) is 4.74. The van der Waals surface area contributed by atoms with E-state index in [1.54, 1.807) is 12.4 Å². The first-order valence-electron chi connectivity index (χ1n) is 5.97. The van der Waals surface area contributed by atoms with E-state index in [0.717, 1.165) is 11.3 Å². The minimum atomic E-state index is 0.418. The molecule has 1 heterocycles. The zero-order valence-corrected chi connectivity index (χ0v) is 11.3. The van der Waals surface area contributed by atoms with Crippen molar-refractivity contribution in [3.05, 3.63) is 53.9 Å². The highest BCUT2D eigenvalue weighted by Crippen LogP contribution is 2.27. The zero-order chi connectivity index (χ0) is 13.0. The van der Waals surface area contributed by atoms with E-state index in [1.165, 1.54) is 5.56 Å². The summed E-state index contributed by atoms with van der Waals surface area (Å²) in [4.78, 5) is 4.06. The van der Waals surface area contributed by atoms with Gasteiger partial charge in [0.25, 0.3) is 0 Å². The van der Waals surface area contributed by atoms with Crippen molar-refractivity contribution in [2.45, 2.75) is 25.6 Å². The number of hydrogen-bond acceptors (Lipinski definition) is 2. The summed E-state index contributed by atoms with van der Waals surface area (Å²) in [5, 5.41) is 0. The van der Waals surface area contributed by atoms with E-state index >= 15 is 0 Å². The molecule has 0 bridgehead atoms. The Bertz CT molecular complexity index is 525. The second kappa shape index (κ2) is 5.87. The average Bonchev–Trinajstić information content (AvgIpc) is 2.39. The predicted molar refractivity (Wildman–Crippen MR) is 74.4 cm³/mol. The summed E-state index contributed by atoms with van der Waals surface area (Å²) in [5.74, 6) is 2.44. The topological polar surface area (TPSA) is 22.1 Å². The molecule has 94 valence electrons. The molecule has 0 N–H and O–H groups in total. The van der Waals surface area contributed by atoms with E-state index in [0.29, 0.717) is 17.5 Å². The number of aromatic nitrogens is 1. The summed E-state index contributed by atoms with van der Waals surface area (Å²) < 4.78 is 5.84. The number of hydrogen-bond donors (Lipinski definition) is 0. The number of alkyl halides is 1. The van der Waals surface area contributed by atoms with Crippen molar-refractivity contribution in [3.8, 4) is 11.5 Å². The molecule has 2 rings (SSSR count). The lowest BCUT2D eigenvalue weighted by atomic mass is 10.0. The van der Waals surface area contributed by atoms with Gasteiger partial charge in [-0.2, -0.15) is 0 Å². The van der Waals surface area contributed by atoms with E-state index in [1.807, 2.05) is 18.2 Å². The van der Waals surface area contributed by atoms with Crippen molar-refractivity contribution in [3.63, 3.8) is 0 Å². The van der Waals surface area contributed by atoms with Crippen LogP contribution in [0.25, 0.3) is 0 Å². The zero-order valence-electron chi connectivity index (χ0n) is 10.6. The van der Waals surface area contributed by atoms with E-state index in [2.05, 4.69) is 31.0 Å². The van der Waals surface area contributed by atoms with Gasteiger partial charge in [0.05, 0.1) is 12.1 Å². The fourth-order valence-electron chi connectivity index (χ4n) is 1.68. The van der Waals surface area contributed by atoms with Gasteiger partial charge in [-0.3, -0.25) is 4.98 Å². The van der Waals surface area contributed by atoms with Crippen LogP contribution in [-0.4, -0.2) is 4.98 Å². The molecule has 2 nitrogen and oxygen atoms in total. The third-order valence-electron chi connectivity index (χ3n) is 2.77. The smallest absolute Gasteiger partial charge is 0.150 e. The van der Waals surface area contributed by atoms with Crippen molar-refractivity contribution < 1.29 is 4.74 Å². The average molecular weight is 262 g/mol. The summed E-state index contributed by atoms with van der Waals surface area (Å²) in [6.45, 7) is 4.32. The Labute approximate surface area is 113 Å². The number of pyridine rings is 1. The highest BCUT2D eigenvalue weighted by molar-refractivity contribution is 6.17. The largest absolute Gasteiger partial charge is 0.455 e. The lowest BCUT2D eigenvalue weighted by Gasteiger charge is -2.11. The van der Waals surface area contributed by atoms with Gasteiger partial charge < -0.3 is 4.74 Å². The van der Waals surface area contributed by atoms with Crippen LogP contribution in [0.3, 0.4) is 0 Å². The molecule has 18 heavy (non-hydrogen) atoms. The Morgan fingerprint density at radius 2 is 2.11 bits per heavy atom. The molecule has 0 amide bonds. The minimum absolute atomic E-state index is 0.418. The van der Waals surface area contributed by atoms with Crippen LogP contribution >= 0.6 is 11.6 Å². The Morgan fingerprint density at radius 1 is 1.28 bits per heavy atom. The maximum atomic E-state index is 5.87. The van der Waals surface area contributed by atoms with Crippen molar-refractivity contribution in [2.24, 2.45) is 0 Å². The van der Waals surface area contributed by atoms with Gasteiger partial charge in [-0.05, 0) is 29.7 Å². The molecule has 0 atom stereocenters. The van der Waals surface area contributed by atoms with Crippen molar-refractivity contribution >= 4 is 11.6 Å². The van der Waals surface area contributed by atoms with Crippen LogP contribution in [0.2, 0.25) is 0 Å². The highest BCUT2D eigenvalue weighted by Gasteiger charge is 2.05. The molecule has 3 heteroatoms. The molecule has 0 aliphatic carbocycles. The molecule has 0 aliphatic rings. The molecule has 1 aromatic carbocycles. The molecule has 2 aromatic rings. The lowest BCUT2D eigenvalue weighted by Crippen LogP contribution is -1.92. The summed E-state index contributed by atoms with van der Waals surface area (Å²) in [5.41, 5.74) is 2.20.